The number of likely N-dealkylation sites (tertiary alicyclic amines) is 1. The lowest BCUT2D eigenvalue weighted by atomic mass is 9.78. The number of rotatable bonds is 2. The average molecular weight is 571 g/mol. The Hall–Kier alpha value is -2.66. The number of carbonyl (C=O) groups is 1. The van der Waals surface area contributed by atoms with Gasteiger partial charge in [0.2, 0.25) is 10.0 Å². The van der Waals surface area contributed by atoms with Gasteiger partial charge in [0.15, 0.2) is 0 Å². The molecule has 2 aromatic carbocycles. The first kappa shape index (κ1) is 28.9. The maximum Gasteiger partial charge on any atom is 0.321 e. The van der Waals surface area contributed by atoms with Crippen LogP contribution in [0.1, 0.15) is 55.6 Å². The fraction of sp³-hybridized carbons (Fsp3) is 0.567. The molecule has 1 atom stereocenters. The predicted molar refractivity (Wildman–Crippen MR) is 155 cm³/mol. The van der Waals surface area contributed by atoms with Crippen LogP contribution in [0.5, 0.6) is 5.75 Å². The van der Waals surface area contributed by atoms with E-state index < -0.39 is 16.1 Å². The van der Waals surface area contributed by atoms with Gasteiger partial charge in [-0.25, -0.2) is 17.9 Å². The smallest absolute Gasteiger partial charge is 0.321 e. The molecule has 2 aromatic rings. The van der Waals surface area contributed by atoms with Crippen molar-refractivity contribution >= 4 is 21.7 Å². The van der Waals surface area contributed by atoms with Gasteiger partial charge in [0.25, 0.3) is 0 Å². The summed E-state index contributed by atoms with van der Waals surface area (Å²) in [5.74, 6) is 0.789. The van der Waals surface area contributed by atoms with Gasteiger partial charge < -0.3 is 25.0 Å². The molecular weight excluding hydrogens is 528 g/mol. The fourth-order valence-electron chi connectivity index (χ4n) is 6.39. The molecule has 3 aliphatic rings. The number of hydrogen-bond donors (Lipinski definition) is 3. The first-order chi connectivity index (χ1) is 19.1. The maximum atomic E-state index is 13.3. The molecule has 2 amide bonds. The molecule has 3 N–H and O–H groups in total. The highest BCUT2D eigenvalue weighted by atomic mass is 32.2. The third kappa shape index (κ3) is 6.62. The normalized spacial score (nSPS) is 24.0. The van der Waals surface area contributed by atoms with E-state index in [1.807, 2.05) is 60.2 Å². The van der Waals surface area contributed by atoms with Gasteiger partial charge in [-0.15, -0.1) is 0 Å². The zero-order valence-corrected chi connectivity index (χ0v) is 24.4. The predicted octanol–water partition coefficient (Wildman–Crippen LogP) is 3.93. The van der Waals surface area contributed by atoms with E-state index in [0.717, 1.165) is 29.7 Å². The molecule has 1 saturated heterocycles. The van der Waals surface area contributed by atoms with E-state index in [-0.39, 0.29) is 22.9 Å². The number of nitrogens with one attached hydrogen (secondary N) is 2. The fourth-order valence-corrected chi connectivity index (χ4v) is 7.59. The summed E-state index contributed by atoms with van der Waals surface area (Å²) in [6.45, 7) is 4.35. The third-order valence-electron chi connectivity index (χ3n) is 8.75. The molecule has 2 aliphatic heterocycles. The molecule has 0 radical (unpaired) electrons. The molecule has 1 aliphatic carbocycles. The summed E-state index contributed by atoms with van der Waals surface area (Å²) in [6, 6.07) is 13.1. The van der Waals surface area contributed by atoms with Crippen molar-refractivity contribution in [3.8, 4) is 5.75 Å². The lowest BCUT2D eigenvalue weighted by Crippen LogP contribution is -2.52. The number of sulfonamides is 1. The van der Waals surface area contributed by atoms with Gasteiger partial charge in [0.05, 0.1) is 12.7 Å². The van der Waals surface area contributed by atoms with E-state index >= 15 is 0 Å². The number of fused-ring (bicyclic) bond motifs is 1. The number of hydrogen-bond acceptors (Lipinski definition) is 6. The standard InChI is InChI=1S/C30H42N4O5S/c1-22-7-3-6-10-26(22)32-29(36)34-15-13-30(14-16-34)20-33(2)19-25(35)18-31-40(37,38)28-12-11-24(17-27(28)39-21-30)23-8-4-5-9-23/h3,6-7,10-12,17,23,25,31,35H,4-5,8-9,13-16,18-21H2,1-2H3,(H,32,36). The number of amides is 2. The number of nitrogens with zero attached hydrogens (tertiary/aromatic N) is 2. The summed E-state index contributed by atoms with van der Waals surface area (Å²) < 4.78 is 35.5. The molecule has 10 heteroatoms. The highest BCUT2D eigenvalue weighted by Gasteiger charge is 2.39. The number of aryl methyl sites for hydroxylation is 1. The number of urea groups is 1. The van der Waals surface area contributed by atoms with Gasteiger partial charge in [0, 0.05) is 43.8 Å². The quantitative estimate of drug-likeness (QED) is 0.505. The largest absolute Gasteiger partial charge is 0.492 e. The molecule has 0 aromatic heterocycles. The Morgan fingerprint density at radius 2 is 1.85 bits per heavy atom. The topological polar surface area (TPSA) is 111 Å². The number of aliphatic hydroxyl groups excluding tert-OH is 1. The van der Waals surface area contributed by atoms with Gasteiger partial charge in [-0.2, -0.15) is 0 Å². The first-order valence-electron chi connectivity index (χ1n) is 14.4. The Morgan fingerprint density at radius 3 is 2.58 bits per heavy atom. The van der Waals surface area contributed by atoms with E-state index in [9.17, 15) is 18.3 Å². The molecule has 0 bridgehead atoms. The van der Waals surface area contributed by atoms with Gasteiger partial charge in [-0.05, 0) is 74.9 Å². The van der Waals surface area contributed by atoms with Crippen molar-refractivity contribution in [3.63, 3.8) is 0 Å². The molecule has 2 fully saturated rings. The zero-order chi connectivity index (χ0) is 28.3. The minimum atomic E-state index is -3.87. The number of β-amino-alcohol motifs (C(OH)–C–C–N with tert-alkyl or cyclic N) is 1. The first-order valence-corrected chi connectivity index (χ1v) is 15.9. The van der Waals surface area contributed by atoms with Crippen molar-refractivity contribution in [2.75, 3.05) is 51.7 Å². The van der Waals surface area contributed by atoms with Crippen LogP contribution in [0.4, 0.5) is 10.5 Å². The van der Waals surface area contributed by atoms with E-state index in [0.29, 0.717) is 57.3 Å². The SMILES string of the molecule is Cc1ccccc1NC(=O)N1CCC2(CC1)COc1cc(C3CCCC3)ccc1S(=O)(=O)NCC(O)CN(C)C2. The van der Waals surface area contributed by atoms with E-state index in [4.69, 9.17) is 4.74 Å². The lowest BCUT2D eigenvalue weighted by Gasteiger charge is -2.44. The zero-order valence-electron chi connectivity index (χ0n) is 23.6. The summed E-state index contributed by atoms with van der Waals surface area (Å²) in [6.07, 6.45) is 5.14. The molecule has 5 rings (SSSR count). The summed E-state index contributed by atoms with van der Waals surface area (Å²) in [7, 11) is -1.93. The molecule has 1 unspecified atom stereocenters. The number of likely N-dealkylation sites (N-methyl/N-ethyl adjacent to an activating group) is 1. The highest BCUT2D eigenvalue weighted by molar-refractivity contribution is 7.89. The van der Waals surface area contributed by atoms with Crippen LogP contribution in [0.3, 0.4) is 0 Å². The van der Waals surface area contributed by atoms with Crippen LogP contribution in [0, 0.1) is 12.3 Å². The summed E-state index contributed by atoms with van der Waals surface area (Å²) in [5.41, 5.74) is 2.63. The van der Waals surface area contributed by atoms with E-state index in [2.05, 4.69) is 10.0 Å². The lowest BCUT2D eigenvalue weighted by molar-refractivity contribution is 0.0255. The molecule has 40 heavy (non-hydrogen) atoms. The number of aliphatic hydroxyl groups is 1. The van der Waals surface area contributed by atoms with Crippen molar-refractivity contribution < 1.29 is 23.1 Å². The van der Waals surface area contributed by atoms with Crippen molar-refractivity contribution in [1.82, 2.24) is 14.5 Å². The minimum absolute atomic E-state index is 0.0731. The van der Waals surface area contributed by atoms with Crippen LogP contribution in [-0.4, -0.2) is 81.8 Å². The van der Waals surface area contributed by atoms with Crippen molar-refractivity contribution in [2.24, 2.45) is 5.41 Å². The molecule has 1 saturated carbocycles. The second-order valence-corrected chi connectivity index (χ2v) is 13.6. The number of anilines is 1. The van der Waals surface area contributed by atoms with Crippen LogP contribution in [0.25, 0.3) is 0 Å². The van der Waals surface area contributed by atoms with Gasteiger partial charge in [0.1, 0.15) is 10.6 Å². The van der Waals surface area contributed by atoms with Gasteiger partial charge in [-0.3, -0.25) is 0 Å². The summed E-state index contributed by atoms with van der Waals surface area (Å²) >= 11 is 0. The van der Waals surface area contributed by atoms with Crippen molar-refractivity contribution in [2.45, 2.75) is 62.4 Å². The Morgan fingerprint density at radius 1 is 1.12 bits per heavy atom. The van der Waals surface area contributed by atoms with Crippen LogP contribution in [-0.2, 0) is 10.0 Å². The Kier molecular flexibility index (Phi) is 8.70. The number of para-hydroxylation sites is 1. The molecule has 2 heterocycles. The molecule has 218 valence electrons. The third-order valence-corrected chi connectivity index (χ3v) is 10.2. The summed E-state index contributed by atoms with van der Waals surface area (Å²) in [4.78, 5) is 17.1. The van der Waals surface area contributed by atoms with Crippen LogP contribution < -0.4 is 14.8 Å². The number of ether oxygens (including phenoxy) is 1. The van der Waals surface area contributed by atoms with E-state index in [1.165, 1.54) is 12.8 Å². The van der Waals surface area contributed by atoms with Crippen LogP contribution in [0.2, 0.25) is 0 Å². The van der Waals surface area contributed by atoms with Gasteiger partial charge in [-0.1, -0.05) is 37.1 Å². The number of carbonyl (C=O) groups excluding carboxylic acids is 1. The van der Waals surface area contributed by atoms with Crippen molar-refractivity contribution in [3.05, 3.63) is 53.6 Å². The molecule has 9 nitrogen and oxygen atoms in total. The average Bonchev–Trinajstić information content (AvgIpc) is 3.47. The van der Waals surface area contributed by atoms with Crippen LogP contribution >= 0.6 is 0 Å². The Labute approximate surface area is 237 Å². The summed E-state index contributed by atoms with van der Waals surface area (Å²) in [5, 5.41) is 13.7. The minimum Gasteiger partial charge on any atom is -0.492 e. The van der Waals surface area contributed by atoms with Crippen LogP contribution in [0.15, 0.2) is 47.4 Å². The number of piperidine rings is 1. The molecule has 1 spiro atoms. The van der Waals surface area contributed by atoms with Crippen molar-refractivity contribution in [1.29, 1.82) is 0 Å². The monoisotopic (exact) mass is 570 g/mol. The molecular formula is C30H42N4O5S. The Bertz CT molecular complexity index is 1300. The second kappa shape index (κ2) is 12.1. The highest BCUT2D eigenvalue weighted by Crippen LogP contribution is 2.39. The number of benzene rings is 2. The Balaban J connectivity index is 1.37. The maximum absolute atomic E-state index is 13.3. The second-order valence-electron chi connectivity index (χ2n) is 11.9. The van der Waals surface area contributed by atoms with E-state index in [1.54, 1.807) is 6.07 Å². The van der Waals surface area contributed by atoms with Gasteiger partial charge >= 0.3 is 6.03 Å².